The summed E-state index contributed by atoms with van der Waals surface area (Å²) in [6.45, 7) is 0. The van der Waals surface area contributed by atoms with E-state index in [0.717, 1.165) is 13.2 Å². The van der Waals surface area contributed by atoms with Crippen molar-refractivity contribution in [2.45, 2.75) is 12.3 Å². The van der Waals surface area contributed by atoms with Crippen LogP contribution in [0.25, 0.3) is 0 Å². The molecule has 0 N–H and O–H groups in total. The molecule has 0 amide bonds. The summed E-state index contributed by atoms with van der Waals surface area (Å²) in [5.41, 5.74) is -1.41. The normalized spacial score (nSPS) is 10.6. The Hall–Kier alpha value is -1.30. The van der Waals surface area contributed by atoms with Gasteiger partial charge in [0.2, 0.25) is 5.95 Å². The molecule has 0 aliphatic carbocycles. The molecule has 0 aliphatic rings. The van der Waals surface area contributed by atoms with Gasteiger partial charge in [0.25, 0.3) is 6.43 Å². The highest BCUT2D eigenvalue weighted by Gasteiger charge is 2.21. The smallest absolute Gasteiger partial charge is 0.338 e. The first kappa shape index (κ1) is 12.8. The number of hydrogen-bond donors (Lipinski definition) is 0. The number of nitrogens with zero attached hydrogens (tertiary/aromatic N) is 1. The van der Waals surface area contributed by atoms with Crippen LogP contribution in [0.15, 0.2) is 6.07 Å². The fourth-order valence-corrected chi connectivity index (χ4v) is 1.34. The van der Waals surface area contributed by atoms with E-state index in [1.165, 1.54) is 0 Å². The Kier molecular flexibility index (Phi) is 4.12. The third-order valence-corrected chi connectivity index (χ3v) is 2.12. The number of ether oxygens (including phenoxy) is 1. The van der Waals surface area contributed by atoms with Crippen LogP contribution in [0.5, 0.6) is 0 Å². The van der Waals surface area contributed by atoms with Crippen LogP contribution in [-0.2, 0) is 10.6 Å². The molecule has 1 rings (SSSR count). The van der Waals surface area contributed by atoms with Crippen molar-refractivity contribution in [3.8, 4) is 0 Å². The van der Waals surface area contributed by atoms with Crippen molar-refractivity contribution < 1.29 is 22.7 Å². The first-order valence-electron chi connectivity index (χ1n) is 4.13. The third-order valence-electron chi connectivity index (χ3n) is 1.86. The third kappa shape index (κ3) is 2.44. The number of methoxy groups -OCH3 is 1. The van der Waals surface area contributed by atoms with Crippen LogP contribution < -0.4 is 0 Å². The topological polar surface area (TPSA) is 39.2 Å². The van der Waals surface area contributed by atoms with Crippen molar-refractivity contribution in [1.29, 1.82) is 0 Å². The van der Waals surface area contributed by atoms with Crippen LogP contribution in [0, 0.1) is 5.95 Å². The van der Waals surface area contributed by atoms with Crippen LogP contribution in [0.1, 0.15) is 28.0 Å². The molecular formula is C9H7ClF3NO2. The van der Waals surface area contributed by atoms with E-state index in [1.807, 2.05) is 0 Å². The first-order valence-corrected chi connectivity index (χ1v) is 4.66. The summed E-state index contributed by atoms with van der Waals surface area (Å²) < 4.78 is 42.2. The van der Waals surface area contributed by atoms with E-state index in [4.69, 9.17) is 11.6 Å². The lowest BCUT2D eigenvalue weighted by molar-refractivity contribution is 0.0598. The van der Waals surface area contributed by atoms with Crippen molar-refractivity contribution in [3.63, 3.8) is 0 Å². The lowest BCUT2D eigenvalue weighted by atomic mass is 10.1. The molecule has 0 bridgehead atoms. The molecule has 0 fully saturated rings. The Morgan fingerprint density at radius 1 is 1.62 bits per heavy atom. The van der Waals surface area contributed by atoms with E-state index in [1.54, 1.807) is 0 Å². The van der Waals surface area contributed by atoms with Crippen LogP contribution in [0.2, 0.25) is 0 Å². The van der Waals surface area contributed by atoms with Gasteiger partial charge in [0, 0.05) is 5.56 Å². The molecule has 16 heavy (non-hydrogen) atoms. The summed E-state index contributed by atoms with van der Waals surface area (Å²) in [6, 6.07) is 0.775. The van der Waals surface area contributed by atoms with Crippen molar-refractivity contribution in [2.24, 2.45) is 0 Å². The highest BCUT2D eigenvalue weighted by molar-refractivity contribution is 6.17. The summed E-state index contributed by atoms with van der Waals surface area (Å²) >= 11 is 5.40. The molecule has 0 spiro atoms. The van der Waals surface area contributed by atoms with Crippen LogP contribution >= 0.6 is 11.6 Å². The molecule has 0 saturated carbocycles. The standard InChI is InChI=1S/C9H7ClF3NO2/c1-16-9(15)4-2-6(7(11)12)14-8(13)5(4)3-10/h2,7H,3H2,1H3. The predicted octanol–water partition coefficient (Wildman–Crippen LogP) is 2.68. The molecule has 0 aromatic carbocycles. The predicted molar refractivity (Wildman–Crippen MR) is 50.0 cm³/mol. The van der Waals surface area contributed by atoms with Crippen molar-refractivity contribution in [2.75, 3.05) is 7.11 Å². The fraction of sp³-hybridized carbons (Fsp3) is 0.333. The first-order chi connectivity index (χ1) is 7.51. The van der Waals surface area contributed by atoms with E-state index in [-0.39, 0.29) is 17.0 Å². The van der Waals surface area contributed by atoms with E-state index < -0.39 is 24.0 Å². The minimum absolute atomic E-state index is 0.252. The summed E-state index contributed by atoms with van der Waals surface area (Å²) in [5.74, 6) is -2.47. The maximum atomic E-state index is 13.2. The second-order valence-corrected chi connectivity index (χ2v) is 3.06. The zero-order valence-electron chi connectivity index (χ0n) is 8.14. The van der Waals surface area contributed by atoms with Crippen molar-refractivity contribution >= 4 is 17.6 Å². The van der Waals surface area contributed by atoms with E-state index >= 15 is 0 Å². The zero-order chi connectivity index (χ0) is 12.3. The Bertz CT molecular complexity index is 412. The minimum atomic E-state index is -2.97. The van der Waals surface area contributed by atoms with Crippen molar-refractivity contribution in [3.05, 3.63) is 28.8 Å². The Balaban J connectivity index is 3.36. The highest BCUT2D eigenvalue weighted by Crippen LogP contribution is 2.23. The number of aromatic nitrogens is 1. The maximum Gasteiger partial charge on any atom is 0.338 e. The highest BCUT2D eigenvalue weighted by atomic mass is 35.5. The van der Waals surface area contributed by atoms with Crippen LogP contribution in [0.4, 0.5) is 13.2 Å². The lowest BCUT2D eigenvalue weighted by Crippen LogP contribution is -2.10. The van der Waals surface area contributed by atoms with Gasteiger partial charge >= 0.3 is 5.97 Å². The zero-order valence-corrected chi connectivity index (χ0v) is 8.89. The van der Waals surface area contributed by atoms with Gasteiger partial charge in [0.1, 0.15) is 5.69 Å². The number of esters is 1. The maximum absolute atomic E-state index is 13.2. The van der Waals surface area contributed by atoms with Gasteiger partial charge in [-0.25, -0.2) is 18.6 Å². The van der Waals surface area contributed by atoms with Gasteiger partial charge in [-0.1, -0.05) is 0 Å². The van der Waals surface area contributed by atoms with Gasteiger partial charge in [0.05, 0.1) is 18.6 Å². The number of alkyl halides is 3. The monoisotopic (exact) mass is 253 g/mol. The molecule has 1 aromatic rings. The van der Waals surface area contributed by atoms with Gasteiger partial charge < -0.3 is 4.74 Å². The number of halogens is 4. The molecule has 0 radical (unpaired) electrons. The second-order valence-electron chi connectivity index (χ2n) is 2.79. The van der Waals surface area contributed by atoms with E-state index in [2.05, 4.69) is 9.72 Å². The Morgan fingerprint density at radius 2 is 2.25 bits per heavy atom. The number of carbonyl (C=O) groups is 1. The SMILES string of the molecule is COC(=O)c1cc(C(F)F)nc(F)c1CCl. The van der Waals surface area contributed by atoms with Gasteiger partial charge in [-0.3, -0.25) is 0 Å². The molecule has 3 nitrogen and oxygen atoms in total. The summed E-state index contributed by atoms with van der Waals surface area (Å²) in [6.07, 6.45) is -2.97. The average molecular weight is 254 g/mol. The van der Waals surface area contributed by atoms with Gasteiger partial charge in [-0.2, -0.15) is 4.39 Å². The Labute approximate surface area is 94.2 Å². The number of pyridine rings is 1. The average Bonchev–Trinajstić information content (AvgIpc) is 2.26. The molecule has 7 heteroatoms. The number of hydrogen-bond acceptors (Lipinski definition) is 3. The van der Waals surface area contributed by atoms with Crippen molar-refractivity contribution in [1.82, 2.24) is 4.98 Å². The van der Waals surface area contributed by atoms with E-state index in [0.29, 0.717) is 0 Å². The lowest BCUT2D eigenvalue weighted by Gasteiger charge is -2.08. The molecule has 1 aromatic heterocycles. The summed E-state index contributed by atoms with van der Waals surface area (Å²) in [5, 5.41) is 0. The quantitative estimate of drug-likeness (QED) is 0.472. The Morgan fingerprint density at radius 3 is 2.69 bits per heavy atom. The second kappa shape index (κ2) is 5.16. The molecule has 1 heterocycles. The van der Waals surface area contributed by atoms with Crippen LogP contribution in [0.3, 0.4) is 0 Å². The molecule has 0 aliphatic heterocycles. The van der Waals surface area contributed by atoms with E-state index in [9.17, 15) is 18.0 Å². The molecule has 0 saturated heterocycles. The van der Waals surface area contributed by atoms with Gasteiger partial charge in [-0.05, 0) is 6.07 Å². The summed E-state index contributed by atoms with van der Waals surface area (Å²) in [7, 11) is 1.06. The minimum Gasteiger partial charge on any atom is -0.465 e. The molecule has 0 atom stereocenters. The molecule has 0 unspecified atom stereocenters. The largest absolute Gasteiger partial charge is 0.465 e. The van der Waals surface area contributed by atoms with Gasteiger partial charge in [-0.15, -0.1) is 11.6 Å². The van der Waals surface area contributed by atoms with Gasteiger partial charge in [0.15, 0.2) is 0 Å². The summed E-state index contributed by atoms with van der Waals surface area (Å²) in [4.78, 5) is 14.2. The molecule has 88 valence electrons. The fourth-order valence-electron chi connectivity index (χ4n) is 1.09. The number of carbonyl (C=O) groups excluding carboxylic acids is 1. The number of rotatable bonds is 3. The van der Waals surface area contributed by atoms with Crippen LogP contribution in [-0.4, -0.2) is 18.1 Å². The molecular weight excluding hydrogens is 247 g/mol.